The van der Waals surface area contributed by atoms with E-state index in [0.717, 1.165) is 12.1 Å². The maximum atomic E-state index is 11.3. The lowest BCUT2D eigenvalue weighted by atomic mass is 10.1. The predicted molar refractivity (Wildman–Crippen MR) is 101 cm³/mol. The maximum Gasteiger partial charge on any atom is 0.309 e. The first-order valence-electron chi connectivity index (χ1n) is 8.76. The molecule has 23 heavy (non-hydrogen) atoms. The van der Waals surface area contributed by atoms with Crippen LogP contribution in [0.5, 0.6) is 0 Å². The first kappa shape index (κ1) is 22.0. The van der Waals surface area contributed by atoms with Crippen LogP contribution in [0.1, 0.15) is 46.6 Å². The fourth-order valence-electron chi connectivity index (χ4n) is 2.34. The van der Waals surface area contributed by atoms with Gasteiger partial charge in [0.05, 0.1) is 13.5 Å². The van der Waals surface area contributed by atoms with Crippen molar-refractivity contribution in [1.29, 1.82) is 0 Å². The zero-order chi connectivity index (χ0) is 17.7. The van der Waals surface area contributed by atoms with Gasteiger partial charge in [-0.3, -0.25) is 4.79 Å². The van der Waals surface area contributed by atoms with Crippen molar-refractivity contribution in [1.82, 2.24) is 4.90 Å². The summed E-state index contributed by atoms with van der Waals surface area (Å²) in [5, 5.41) is 0.674. The van der Waals surface area contributed by atoms with E-state index < -0.39 is 0 Å². The molecule has 1 fully saturated rings. The normalized spacial score (nSPS) is 16.7. The van der Waals surface area contributed by atoms with Gasteiger partial charge in [0, 0.05) is 16.7 Å². The molecule has 2 rings (SSSR count). The minimum Gasteiger partial charge on any atom is -0.469 e. The molecule has 1 aromatic carbocycles. The Balaban J connectivity index is 0.00000112. The molecule has 132 valence electrons. The quantitative estimate of drug-likeness (QED) is 0.731. The molecule has 0 aliphatic carbocycles. The molecule has 0 aromatic heterocycles. The van der Waals surface area contributed by atoms with Crippen LogP contribution in [0.25, 0.3) is 0 Å². The van der Waals surface area contributed by atoms with Crippen LogP contribution in [0.3, 0.4) is 0 Å². The van der Waals surface area contributed by atoms with E-state index in [1.807, 2.05) is 51.6 Å². The molecular formula is C19H33NO2S. The SMILES string of the molecule is CC.CC.CCN1CCC(Sc2cccc(CC(=O)OC)c2)C1. The predicted octanol–water partition coefficient (Wildman–Crippen LogP) is 4.64. The molecule has 4 heteroatoms. The average Bonchev–Trinajstić information content (AvgIpc) is 3.06. The van der Waals surface area contributed by atoms with Crippen molar-refractivity contribution in [2.24, 2.45) is 0 Å². The molecule has 1 aliphatic heterocycles. The average molecular weight is 340 g/mol. The second kappa shape index (κ2) is 13.4. The van der Waals surface area contributed by atoms with Gasteiger partial charge in [-0.1, -0.05) is 46.8 Å². The molecular weight excluding hydrogens is 306 g/mol. The van der Waals surface area contributed by atoms with Crippen LogP contribution >= 0.6 is 11.8 Å². The number of methoxy groups -OCH3 is 1. The Hall–Kier alpha value is -1.00. The summed E-state index contributed by atoms with van der Waals surface area (Å²) in [5.41, 5.74) is 1.03. The zero-order valence-electron chi connectivity index (χ0n) is 15.6. The number of esters is 1. The van der Waals surface area contributed by atoms with Crippen LogP contribution < -0.4 is 0 Å². The van der Waals surface area contributed by atoms with Crippen LogP contribution in [-0.4, -0.2) is 42.9 Å². The zero-order valence-corrected chi connectivity index (χ0v) is 16.4. The van der Waals surface area contributed by atoms with Gasteiger partial charge in [0.15, 0.2) is 0 Å². The number of ether oxygens (including phenoxy) is 1. The number of thioether (sulfide) groups is 1. The van der Waals surface area contributed by atoms with Gasteiger partial charge in [-0.2, -0.15) is 0 Å². The van der Waals surface area contributed by atoms with Gasteiger partial charge in [-0.15, -0.1) is 11.8 Å². The summed E-state index contributed by atoms with van der Waals surface area (Å²) in [6.07, 6.45) is 1.61. The van der Waals surface area contributed by atoms with Gasteiger partial charge in [0.1, 0.15) is 0 Å². The lowest BCUT2D eigenvalue weighted by molar-refractivity contribution is -0.139. The van der Waals surface area contributed by atoms with E-state index in [2.05, 4.69) is 24.0 Å². The topological polar surface area (TPSA) is 29.5 Å². The van der Waals surface area contributed by atoms with Gasteiger partial charge < -0.3 is 9.64 Å². The lowest BCUT2D eigenvalue weighted by Crippen LogP contribution is -2.20. The molecule has 1 atom stereocenters. The minimum atomic E-state index is -0.180. The Morgan fingerprint density at radius 2 is 2.00 bits per heavy atom. The largest absolute Gasteiger partial charge is 0.469 e. The van der Waals surface area contributed by atoms with Gasteiger partial charge in [0.25, 0.3) is 0 Å². The van der Waals surface area contributed by atoms with Crippen molar-refractivity contribution < 1.29 is 9.53 Å². The third-order valence-electron chi connectivity index (χ3n) is 3.45. The number of hydrogen-bond donors (Lipinski definition) is 0. The molecule has 1 aliphatic rings. The summed E-state index contributed by atoms with van der Waals surface area (Å²) in [6.45, 7) is 13.7. The highest BCUT2D eigenvalue weighted by molar-refractivity contribution is 8.00. The smallest absolute Gasteiger partial charge is 0.309 e. The van der Waals surface area contributed by atoms with Gasteiger partial charge >= 0.3 is 5.97 Å². The van der Waals surface area contributed by atoms with E-state index in [1.165, 1.54) is 31.5 Å². The number of nitrogens with zero attached hydrogens (tertiary/aromatic N) is 1. The van der Waals surface area contributed by atoms with E-state index in [1.54, 1.807) is 0 Å². The summed E-state index contributed by atoms with van der Waals surface area (Å²) >= 11 is 1.93. The van der Waals surface area contributed by atoms with Crippen LogP contribution in [0, 0.1) is 0 Å². The molecule has 0 bridgehead atoms. The summed E-state index contributed by atoms with van der Waals surface area (Å²) in [5.74, 6) is -0.180. The summed E-state index contributed by atoms with van der Waals surface area (Å²) in [4.78, 5) is 15.0. The van der Waals surface area contributed by atoms with E-state index >= 15 is 0 Å². The van der Waals surface area contributed by atoms with Crippen molar-refractivity contribution >= 4 is 17.7 Å². The third-order valence-corrected chi connectivity index (χ3v) is 4.70. The van der Waals surface area contributed by atoms with E-state index in [9.17, 15) is 4.79 Å². The summed E-state index contributed by atoms with van der Waals surface area (Å²) in [6, 6.07) is 8.23. The van der Waals surface area contributed by atoms with Crippen LogP contribution in [0.2, 0.25) is 0 Å². The van der Waals surface area contributed by atoms with Crippen molar-refractivity contribution in [2.75, 3.05) is 26.7 Å². The summed E-state index contributed by atoms with van der Waals surface area (Å²) in [7, 11) is 1.43. The molecule has 1 saturated heterocycles. The molecule has 0 saturated carbocycles. The molecule has 1 heterocycles. The fourth-order valence-corrected chi connectivity index (χ4v) is 3.61. The van der Waals surface area contributed by atoms with Crippen LogP contribution in [0.15, 0.2) is 29.2 Å². The highest BCUT2D eigenvalue weighted by atomic mass is 32.2. The van der Waals surface area contributed by atoms with E-state index in [4.69, 9.17) is 4.74 Å². The molecule has 0 amide bonds. The van der Waals surface area contributed by atoms with Crippen molar-refractivity contribution in [3.63, 3.8) is 0 Å². The number of hydrogen-bond acceptors (Lipinski definition) is 4. The van der Waals surface area contributed by atoms with Crippen LogP contribution in [-0.2, 0) is 16.0 Å². The Kier molecular flexibility index (Phi) is 12.9. The van der Waals surface area contributed by atoms with Crippen molar-refractivity contribution in [2.45, 2.75) is 57.6 Å². The summed E-state index contributed by atoms with van der Waals surface area (Å²) < 4.78 is 4.70. The monoisotopic (exact) mass is 339 g/mol. The number of carbonyl (C=O) groups excluding carboxylic acids is 1. The highest BCUT2D eigenvalue weighted by Crippen LogP contribution is 2.30. The van der Waals surface area contributed by atoms with E-state index in [-0.39, 0.29) is 5.97 Å². The molecule has 1 aromatic rings. The van der Waals surface area contributed by atoms with Gasteiger partial charge in [-0.25, -0.2) is 0 Å². The van der Waals surface area contributed by atoms with Gasteiger partial charge in [0.2, 0.25) is 0 Å². The molecule has 1 unspecified atom stereocenters. The standard InChI is InChI=1S/C15H21NO2S.2C2H6/c1-3-16-8-7-14(11-16)19-13-6-4-5-12(9-13)10-15(17)18-2;2*1-2/h4-6,9,14H,3,7-8,10-11H2,1-2H3;2*1-2H3. The van der Waals surface area contributed by atoms with E-state index in [0.29, 0.717) is 11.7 Å². The third kappa shape index (κ3) is 8.42. The first-order chi connectivity index (χ1) is 11.2. The Morgan fingerprint density at radius 3 is 2.57 bits per heavy atom. The fraction of sp³-hybridized carbons (Fsp3) is 0.632. The second-order valence-corrected chi connectivity index (χ2v) is 6.20. The first-order valence-corrected chi connectivity index (χ1v) is 9.64. The molecule has 0 radical (unpaired) electrons. The highest BCUT2D eigenvalue weighted by Gasteiger charge is 2.21. The molecule has 3 nitrogen and oxygen atoms in total. The second-order valence-electron chi connectivity index (χ2n) is 4.82. The van der Waals surface area contributed by atoms with Crippen molar-refractivity contribution in [3.8, 4) is 0 Å². The van der Waals surface area contributed by atoms with Crippen molar-refractivity contribution in [3.05, 3.63) is 29.8 Å². The maximum absolute atomic E-state index is 11.3. The number of likely N-dealkylation sites (tertiary alicyclic amines) is 1. The minimum absolute atomic E-state index is 0.180. The molecule has 0 spiro atoms. The van der Waals surface area contributed by atoms with Crippen LogP contribution in [0.4, 0.5) is 0 Å². The number of carbonyl (C=O) groups is 1. The van der Waals surface area contributed by atoms with Gasteiger partial charge in [-0.05, 0) is 37.2 Å². The Morgan fingerprint density at radius 1 is 1.30 bits per heavy atom. The Labute approximate surface area is 146 Å². The lowest BCUT2D eigenvalue weighted by Gasteiger charge is -2.13. The number of benzene rings is 1. The Bertz CT molecular complexity index is 437. The number of rotatable bonds is 5. The molecule has 0 N–H and O–H groups in total.